The molecule has 0 radical (unpaired) electrons. The summed E-state index contributed by atoms with van der Waals surface area (Å²) >= 11 is 1.50. The van der Waals surface area contributed by atoms with Crippen molar-refractivity contribution in [2.24, 2.45) is 5.92 Å². The van der Waals surface area contributed by atoms with Gasteiger partial charge >= 0.3 is 0 Å². The molecule has 0 saturated carbocycles. The first-order valence-corrected chi connectivity index (χ1v) is 11.4. The number of halogens is 2. The summed E-state index contributed by atoms with van der Waals surface area (Å²) in [5.74, 6) is 1.68. The molecule has 0 bridgehead atoms. The van der Waals surface area contributed by atoms with Gasteiger partial charge in [-0.3, -0.25) is 9.67 Å². The number of aromatic nitrogens is 4. The van der Waals surface area contributed by atoms with Gasteiger partial charge in [-0.15, -0.1) is 0 Å². The van der Waals surface area contributed by atoms with E-state index in [-0.39, 0.29) is 12.6 Å². The molecule has 174 valence electrons. The Labute approximate surface area is 194 Å². The number of aliphatic hydroxyl groups is 1. The molecule has 0 spiro atoms. The number of benzene rings is 1. The molecule has 0 amide bonds. The van der Waals surface area contributed by atoms with Crippen LogP contribution in [0.25, 0.3) is 21.5 Å². The van der Waals surface area contributed by atoms with Gasteiger partial charge in [-0.05, 0) is 30.5 Å². The highest BCUT2D eigenvalue weighted by atomic mass is 32.1. The summed E-state index contributed by atoms with van der Waals surface area (Å²) in [5.41, 5.74) is 2.06. The van der Waals surface area contributed by atoms with Crippen molar-refractivity contribution in [3.63, 3.8) is 0 Å². The van der Waals surface area contributed by atoms with Gasteiger partial charge in [-0.2, -0.15) is 5.10 Å². The first-order valence-electron chi connectivity index (χ1n) is 10.6. The van der Waals surface area contributed by atoms with Crippen molar-refractivity contribution in [2.75, 3.05) is 11.9 Å². The van der Waals surface area contributed by atoms with Gasteiger partial charge in [0.25, 0.3) is 6.43 Å². The largest absolute Gasteiger partial charge is 0.457 e. The number of alkyl halides is 2. The number of rotatable bonds is 10. The van der Waals surface area contributed by atoms with E-state index in [4.69, 9.17) is 4.74 Å². The van der Waals surface area contributed by atoms with Gasteiger partial charge in [-0.1, -0.05) is 25.2 Å². The Bertz CT molecular complexity index is 1210. The van der Waals surface area contributed by atoms with Crippen LogP contribution in [-0.2, 0) is 6.54 Å². The second-order valence-corrected chi connectivity index (χ2v) is 9.15. The lowest BCUT2D eigenvalue weighted by Gasteiger charge is -2.17. The first-order chi connectivity index (χ1) is 15.9. The summed E-state index contributed by atoms with van der Waals surface area (Å²) in [6.45, 7) is 3.82. The standard InChI is InChI=1S/C23H25F2N5O2S/c1-14(2)7-16(13-31)28-23-29-19-4-3-17(9-21(19)33-23)32-18-5-6-26-20(8-18)15-10-27-30(11-15)12-22(24)25/h3-6,8-11,14,16,22,31H,7,12-13H2,1-2H3,(H,28,29)/t16-/m1/s1. The zero-order valence-electron chi connectivity index (χ0n) is 18.3. The zero-order valence-corrected chi connectivity index (χ0v) is 19.1. The third-order valence-corrected chi connectivity index (χ3v) is 5.83. The Morgan fingerprint density at radius 1 is 1.18 bits per heavy atom. The number of ether oxygens (including phenoxy) is 1. The molecule has 10 heteroatoms. The maximum atomic E-state index is 12.6. The molecule has 3 heterocycles. The molecule has 0 aliphatic heterocycles. The van der Waals surface area contributed by atoms with Crippen molar-refractivity contribution in [1.82, 2.24) is 19.7 Å². The summed E-state index contributed by atoms with van der Waals surface area (Å²) in [6, 6.07) is 9.07. The van der Waals surface area contributed by atoms with E-state index in [1.165, 1.54) is 28.4 Å². The molecule has 1 atom stereocenters. The predicted molar refractivity (Wildman–Crippen MR) is 125 cm³/mol. The van der Waals surface area contributed by atoms with E-state index in [1.54, 1.807) is 18.3 Å². The van der Waals surface area contributed by atoms with Gasteiger partial charge in [0.15, 0.2) is 5.13 Å². The molecule has 0 aliphatic carbocycles. The monoisotopic (exact) mass is 473 g/mol. The number of thiazole rings is 1. The van der Waals surface area contributed by atoms with Crippen molar-refractivity contribution in [3.05, 3.63) is 48.9 Å². The van der Waals surface area contributed by atoms with Crippen LogP contribution in [0.3, 0.4) is 0 Å². The Hall–Kier alpha value is -3.11. The second-order valence-electron chi connectivity index (χ2n) is 8.12. The van der Waals surface area contributed by atoms with Crippen molar-refractivity contribution >= 4 is 26.7 Å². The number of hydrogen-bond donors (Lipinski definition) is 2. The number of hydrogen-bond acceptors (Lipinski definition) is 7. The van der Waals surface area contributed by atoms with E-state index in [0.29, 0.717) is 28.7 Å². The molecule has 1 aromatic carbocycles. The molecular weight excluding hydrogens is 448 g/mol. The first kappa shape index (κ1) is 23.1. The molecule has 3 aromatic heterocycles. The van der Waals surface area contributed by atoms with E-state index in [1.807, 2.05) is 18.2 Å². The van der Waals surface area contributed by atoms with Crippen LogP contribution in [0.1, 0.15) is 20.3 Å². The summed E-state index contributed by atoms with van der Waals surface area (Å²) in [4.78, 5) is 8.90. The quantitative estimate of drug-likeness (QED) is 0.319. The zero-order chi connectivity index (χ0) is 23.4. The minimum absolute atomic E-state index is 0.0402. The number of nitrogens with one attached hydrogen (secondary N) is 1. The van der Waals surface area contributed by atoms with Crippen molar-refractivity contribution < 1.29 is 18.6 Å². The highest BCUT2D eigenvalue weighted by molar-refractivity contribution is 7.22. The molecule has 0 aliphatic rings. The van der Waals surface area contributed by atoms with Crippen LogP contribution >= 0.6 is 11.3 Å². The highest BCUT2D eigenvalue weighted by Gasteiger charge is 2.13. The van der Waals surface area contributed by atoms with E-state index < -0.39 is 13.0 Å². The second kappa shape index (κ2) is 10.2. The molecule has 7 nitrogen and oxygen atoms in total. The molecule has 4 rings (SSSR count). The van der Waals surface area contributed by atoms with E-state index in [9.17, 15) is 13.9 Å². The third kappa shape index (κ3) is 6.02. The molecule has 4 aromatic rings. The molecule has 0 unspecified atom stereocenters. The molecule has 2 N–H and O–H groups in total. The summed E-state index contributed by atoms with van der Waals surface area (Å²) in [7, 11) is 0. The van der Waals surface area contributed by atoms with Gasteiger partial charge in [-0.25, -0.2) is 13.8 Å². The van der Waals surface area contributed by atoms with Crippen LogP contribution in [0.4, 0.5) is 13.9 Å². The number of anilines is 1. The Balaban J connectivity index is 1.48. The van der Waals surface area contributed by atoms with Crippen LogP contribution in [0.2, 0.25) is 0 Å². The van der Waals surface area contributed by atoms with Crippen LogP contribution in [0.15, 0.2) is 48.9 Å². The highest BCUT2D eigenvalue weighted by Crippen LogP contribution is 2.32. The fourth-order valence-corrected chi connectivity index (χ4v) is 4.43. The minimum atomic E-state index is -2.47. The fourth-order valence-electron chi connectivity index (χ4n) is 3.46. The average Bonchev–Trinajstić information content (AvgIpc) is 3.39. The molecule has 33 heavy (non-hydrogen) atoms. The van der Waals surface area contributed by atoms with Gasteiger partial charge in [0.1, 0.15) is 18.0 Å². The van der Waals surface area contributed by atoms with Crippen LogP contribution in [-0.4, -0.2) is 43.9 Å². The van der Waals surface area contributed by atoms with Crippen LogP contribution < -0.4 is 10.1 Å². The number of pyridine rings is 1. The number of aliphatic hydroxyl groups excluding tert-OH is 1. The number of fused-ring (bicyclic) bond motifs is 1. The molecule has 0 fully saturated rings. The van der Waals surface area contributed by atoms with Gasteiger partial charge in [0.2, 0.25) is 0 Å². The maximum Gasteiger partial charge on any atom is 0.257 e. The summed E-state index contributed by atoms with van der Waals surface area (Å²) in [6.07, 6.45) is 3.03. The average molecular weight is 474 g/mol. The molecule has 0 saturated heterocycles. The maximum absolute atomic E-state index is 12.6. The van der Waals surface area contributed by atoms with Crippen molar-refractivity contribution in [1.29, 1.82) is 0 Å². The van der Waals surface area contributed by atoms with Crippen molar-refractivity contribution in [3.8, 4) is 22.8 Å². The predicted octanol–water partition coefficient (Wildman–Crippen LogP) is 5.43. The lowest BCUT2D eigenvalue weighted by atomic mass is 10.0. The smallest absolute Gasteiger partial charge is 0.257 e. The number of nitrogens with zero attached hydrogens (tertiary/aromatic N) is 4. The van der Waals surface area contributed by atoms with Gasteiger partial charge in [0, 0.05) is 30.1 Å². The van der Waals surface area contributed by atoms with Crippen molar-refractivity contribution in [2.45, 2.75) is 39.3 Å². The summed E-state index contributed by atoms with van der Waals surface area (Å²) < 4.78 is 33.3. The van der Waals surface area contributed by atoms with Crippen LogP contribution in [0, 0.1) is 5.92 Å². The van der Waals surface area contributed by atoms with Crippen LogP contribution in [0.5, 0.6) is 11.5 Å². The lowest BCUT2D eigenvalue weighted by molar-refractivity contribution is 0.122. The van der Waals surface area contributed by atoms with E-state index in [0.717, 1.165) is 21.8 Å². The third-order valence-electron chi connectivity index (χ3n) is 4.88. The Morgan fingerprint density at radius 3 is 2.76 bits per heavy atom. The lowest BCUT2D eigenvalue weighted by Crippen LogP contribution is -2.25. The fraction of sp³-hybridized carbons (Fsp3) is 0.348. The Kier molecular flexibility index (Phi) is 7.14. The van der Waals surface area contributed by atoms with E-state index >= 15 is 0 Å². The van der Waals surface area contributed by atoms with Gasteiger partial charge in [0.05, 0.1) is 34.8 Å². The SMILES string of the molecule is CC(C)C[C@H](CO)Nc1nc2ccc(Oc3ccnc(-c4cnn(CC(F)F)c4)c3)cc2s1. The van der Waals surface area contributed by atoms with E-state index in [2.05, 4.69) is 34.2 Å². The normalized spacial score (nSPS) is 12.6. The Morgan fingerprint density at radius 2 is 2.00 bits per heavy atom. The molecular formula is C23H25F2N5O2S. The van der Waals surface area contributed by atoms with Gasteiger partial charge < -0.3 is 15.2 Å². The topological polar surface area (TPSA) is 85.1 Å². The minimum Gasteiger partial charge on any atom is -0.457 e. The summed E-state index contributed by atoms with van der Waals surface area (Å²) in [5, 5.41) is 17.6.